The second kappa shape index (κ2) is 10.4. The van der Waals surface area contributed by atoms with Crippen molar-refractivity contribution in [3.8, 4) is 5.75 Å². The minimum atomic E-state index is -0.906. The third kappa shape index (κ3) is 6.06. The summed E-state index contributed by atoms with van der Waals surface area (Å²) in [6.45, 7) is 0.741. The van der Waals surface area contributed by atoms with Gasteiger partial charge in [-0.05, 0) is 53.9 Å². The fourth-order valence-electron chi connectivity index (χ4n) is 3.65. The highest BCUT2D eigenvalue weighted by atomic mass is 19.1. The van der Waals surface area contributed by atoms with Crippen LogP contribution in [0.15, 0.2) is 71.1 Å². The molecule has 6 nitrogen and oxygen atoms in total. The Bertz CT molecular complexity index is 1160. The van der Waals surface area contributed by atoms with E-state index in [1.165, 1.54) is 12.1 Å². The Labute approximate surface area is 190 Å². The van der Waals surface area contributed by atoms with E-state index >= 15 is 0 Å². The molecule has 3 aromatic carbocycles. The summed E-state index contributed by atoms with van der Waals surface area (Å²) < 4.78 is 38.4. The topological polar surface area (TPSA) is 79.5 Å². The van der Waals surface area contributed by atoms with Crippen molar-refractivity contribution >= 4 is 17.1 Å². The third-order valence-electron chi connectivity index (χ3n) is 5.26. The average molecular weight is 453 g/mol. The molecule has 0 unspecified atom stereocenters. The van der Waals surface area contributed by atoms with Crippen LogP contribution in [0.25, 0.3) is 11.1 Å². The number of fused-ring (bicyclic) bond motifs is 1. The average Bonchev–Trinajstić information content (AvgIpc) is 3.20. The van der Waals surface area contributed by atoms with Crippen LogP contribution in [0.1, 0.15) is 11.1 Å². The van der Waals surface area contributed by atoms with E-state index in [-0.39, 0.29) is 19.0 Å². The number of para-hydroxylation sites is 2. The van der Waals surface area contributed by atoms with E-state index in [1.54, 1.807) is 13.2 Å². The van der Waals surface area contributed by atoms with E-state index in [9.17, 15) is 13.9 Å². The highest BCUT2D eigenvalue weighted by Crippen LogP contribution is 2.21. The SMILES string of the molecule is COc1cccc(CNC[C@@H](O)[C@H](Cc2cc(F)cc(F)c2)Nc2nc3ccccc3o2)c1. The number of halogens is 2. The van der Waals surface area contributed by atoms with Crippen LogP contribution in [0.3, 0.4) is 0 Å². The van der Waals surface area contributed by atoms with Gasteiger partial charge in [-0.15, -0.1) is 0 Å². The maximum absolute atomic E-state index is 13.7. The first-order valence-electron chi connectivity index (χ1n) is 10.6. The van der Waals surface area contributed by atoms with Gasteiger partial charge in [0.1, 0.15) is 22.9 Å². The number of nitrogens with zero attached hydrogens (tertiary/aromatic N) is 1. The summed E-state index contributed by atoms with van der Waals surface area (Å²) in [4.78, 5) is 4.39. The molecule has 0 fully saturated rings. The second-order valence-electron chi connectivity index (χ2n) is 7.77. The molecule has 3 N–H and O–H groups in total. The zero-order valence-electron chi connectivity index (χ0n) is 18.1. The molecule has 0 amide bonds. The smallest absolute Gasteiger partial charge is 0.296 e. The zero-order chi connectivity index (χ0) is 23.2. The first-order valence-corrected chi connectivity index (χ1v) is 10.6. The quantitative estimate of drug-likeness (QED) is 0.333. The number of benzene rings is 3. The largest absolute Gasteiger partial charge is 0.497 e. The third-order valence-corrected chi connectivity index (χ3v) is 5.26. The van der Waals surface area contributed by atoms with Crippen molar-refractivity contribution in [2.45, 2.75) is 25.1 Å². The molecule has 8 heteroatoms. The molecule has 1 heterocycles. The molecule has 0 aliphatic heterocycles. The molecule has 0 aliphatic carbocycles. The van der Waals surface area contributed by atoms with E-state index in [0.717, 1.165) is 17.4 Å². The van der Waals surface area contributed by atoms with Crippen LogP contribution < -0.4 is 15.4 Å². The van der Waals surface area contributed by atoms with Gasteiger partial charge in [0.25, 0.3) is 6.01 Å². The van der Waals surface area contributed by atoms with Gasteiger partial charge in [-0.1, -0.05) is 24.3 Å². The number of ether oxygens (including phenoxy) is 1. The second-order valence-corrected chi connectivity index (χ2v) is 7.77. The lowest BCUT2D eigenvalue weighted by Crippen LogP contribution is -2.42. The summed E-state index contributed by atoms with van der Waals surface area (Å²) in [5.74, 6) is -0.592. The summed E-state index contributed by atoms with van der Waals surface area (Å²) in [6.07, 6.45) is -0.743. The molecule has 33 heavy (non-hydrogen) atoms. The lowest BCUT2D eigenvalue weighted by Gasteiger charge is -2.24. The van der Waals surface area contributed by atoms with Gasteiger partial charge in [-0.3, -0.25) is 0 Å². The summed E-state index contributed by atoms with van der Waals surface area (Å²) >= 11 is 0. The van der Waals surface area contributed by atoms with Gasteiger partial charge >= 0.3 is 0 Å². The van der Waals surface area contributed by atoms with E-state index in [1.807, 2.05) is 42.5 Å². The molecule has 2 atom stereocenters. The molecule has 0 saturated heterocycles. The molecule has 172 valence electrons. The molecule has 0 radical (unpaired) electrons. The molecular formula is C25H25F2N3O3. The number of aliphatic hydroxyl groups excluding tert-OH is 1. The van der Waals surface area contributed by atoms with Crippen molar-refractivity contribution in [3.63, 3.8) is 0 Å². The van der Waals surface area contributed by atoms with E-state index < -0.39 is 23.8 Å². The Morgan fingerprint density at radius 3 is 2.55 bits per heavy atom. The molecule has 0 aliphatic rings. The van der Waals surface area contributed by atoms with Crippen molar-refractivity contribution in [3.05, 3.63) is 89.5 Å². The number of methoxy groups -OCH3 is 1. The fraction of sp³-hybridized carbons (Fsp3) is 0.240. The molecular weight excluding hydrogens is 428 g/mol. The van der Waals surface area contributed by atoms with Crippen LogP contribution in [0.2, 0.25) is 0 Å². The van der Waals surface area contributed by atoms with E-state index in [0.29, 0.717) is 23.2 Å². The van der Waals surface area contributed by atoms with Crippen molar-refractivity contribution in [2.24, 2.45) is 0 Å². The maximum atomic E-state index is 13.7. The van der Waals surface area contributed by atoms with Gasteiger partial charge in [-0.25, -0.2) is 8.78 Å². The Balaban J connectivity index is 1.47. The van der Waals surface area contributed by atoms with E-state index in [4.69, 9.17) is 9.15 Å². The number of aliphatic hydroxyl groups is 1. The highest BCUT2D eigenvalue weighted by molar-refractivity contribution is 5.74. The van der Waals surface area contributed by atoms with Crippen molar-refractivity contribution in [1.82, 2.24) is 10.3 Å². The fourth-order valence-corrected chi connectivity index (χ4v) is 3.65. The molecule has 4 aromatic rings. The monoisotopic (exact) mass is 453 g/mol. The molecule has 0 bridgehead atoms. The first-order chi connectivity index (χ1) is 16.0. The number of aromatic nitrogens is 1. The molecule has 0 spiro atoms. The summed E-state index contributed by atoms with van der Waals surface area (Å²) in [7, 11) is 1.61. The molecule has 4 rings (SSSR count). The number of hydrogen-bond acceptors (Lipinski definition) is 6. The van der Waals surface area contributed by atoms with Gasteiger partial charge in [0.15, 0.2) is 5.58 Å². The van der Waals surface area contributed by atoms with Crippen molar-refractivity contribution in [2.75, 3.05) is 19.0 Å². The van der Waals surface area contributed by atoms with Crippen LogP contribution in [0.4, 0.5) is 14.8 Å². The van der Waals surface area contributed by atoms with Gasteiger partial charge in [0, 0.05) is 19.2 Å². The zero-order valence-corrected chi connectivity index (χ0v) is 18.1. The summed E-state index contributed by atoms with van der Waals surface area (Å²) in [5, 5.41) is 17.2. The van der Waals surface area contributed by atoms with E-state index in [2.05, 4.69) is 15.6 Å². The van der Waals surface area contributed by atoms with Gasteiger partial charge in [0.2, 0.25) is 0 Å². The Morgan fingerprint density at radius 2 is 1.79 bits per heavy atom. The number of hydrogen-bond donors (Lipinski definition) is 3. The highest BCUT2D eigenvalue weighted by Gasteiger charge is 2.22. The first kappa shape index (κ1) is 22.7. The minimum Gasteiger partial charge on any atom is -0.497 e. The van der Waals surface area contributed by atoms with Crippen LogP contribution in [0, 0.1) is 11.6 Å². The number of rotatable bonds is 10. The molecule has 1 aromatic heterocycles. The predicted molar refractivity (Wildman–Crippen MR) is 122 cm³/mol. The lowest BCUT2D eigenvalue weighted by atomic mass is 10.0. The lowest BCUT2D eigenvalue weighted by molar-refractivity contribution is 0.147. The standard InChI is InChI=1S/C25H25F2N3O3/c1-32-20-6-4-5-16(11-20)14-28-15-23(31)22(12-17-9-18(26)13-19(27)10-17)30-25-29-21-7-2-3-8-24(21)33-25/h2-11,13,22-23,28,31H,12,14-15H2,1H3,(H,29,30)/t22-,23+/m0/s1. The summed E-state index contributed by atoms with van der Waals surface area (Å²) in [6, 6.07) is 17.8. The van der Waals surface area contributed by atoms with Crippen LogP contribution in [-0.4, -0.2) is 35.9 Å². The Kier molecular flexibility index (Phi) is 7.16. The van der Waals surface area contributed by atoms with Crippen molar-refractivity contribution in [1.29, 1.82) is 0 Å². The normalized spacial score (nSPS) is 13.1. The minimum absolute atomic E-state index is 0.162. The molecule has 0 saturated carbocycles. The number of nitrogens with one attached hydrogen (secondary N) is 2. The maximum Gasteiger partial charge on any atom is 0.296 e. The summed E-state index contributed by atoms with van der Waals surface area (Å²) in [5.41, 5.74) is 2.67. The predicted octanol–water partition coefficient (Wildman–Crippen LogP) is 4.29. The van der Waals surface area contributed by atoms with Gasteiger partial charge < -0.3 is 24.9 Å². The van der Waals surface area contributed by atoms with Crippen LogP contribution >= 0.6 is 0 Å². The van der Waals surface area contributed by atoms with Crippen LogP contribution in [0.5, 0.6) is 5.75 Å². The Morgan fingerprint density at radius 1 is 1.00 bits per heavy atom. The Hall–Kier alpha value is -3.49. The van der Waals surface area contributed by atoms with Crippen LogP contribution in [-0.2, 0) is 13.0 Å². The van der Waals surface area contributed by atoms with Gasteiger partial charge in [-0.2, -0.15) is 4.98 Å². The number of anilines is 1. The van der Waals surface area contributed by atoms with Gasteiger partial charge in [0.05, 0.1) is 19.3 Å². The number of oxazole rings is 1. The van der Waals surface area contributed by atoms with Crippen molar-refractivity contribution < 1.29 is 23.0 Å².